The zero-order valence-electron chi connectivity index (χ0n) is 31.7. The molecule has 0 aliphatic heterocycles. The number of benzene rings is 8. The third kappa shape index (κ3) is 5.19. The average Bonchev–Trinajstić information content (AvgIpc) is 3.60. The zero-order valence-corrected chi connectivity index (χ0v) is 32.5. The van der Waals surface area contributed by atoms with Crippen molar-refractivity contribution in [2.75, 3.05) is 0 Å². The minimum absolute atomic E-state index is 0.350. The second-order valence-electron chi connectivity index (χ2n) is 14.7. The number of aryl methyl sites for hydroxylation is 3. The molecule has 0 unspecified atom stereocenters. The molecule has 3 nitrogen and oxygen atoms in total. The van der Waals surface area contributed by atoms with Crippen molar-refractivity contribution in [3.63, 3.8) is 0 Å². The van der Waals surface area contributed by atoms with Crippen molar-refractivity contribution < 1.29 is 0 Å². The lowest BCUT2D eigenvalue weighted by atomic mass is 9.87. The van der Waals surface area contributed by atoms with E-state index in [4.69, 9.17) is 21.6 Å². The predicted molar refractivity (Wildman–Crippen MR) is 238 cm³/mol. The molecule has 10 aromatic rings. The van der Waals surface area contributed by atoms with Crippen molar-refractivity contribution in [2.24, 2.45) is 0 Å². The van der Waals surface area contributed by atoms with Gasteiger partial charge in [0.15, 0.2) is 11.0 Å². The highest BCUT2D eigenvalue weighted by atomic mass is 35.5. The predicted octanol–water partition coefficient (Wildman–Crippen LogP) is 14.3. The molecule has 0 aliphatic carbocycles. The maximum atomic E-state index is 7.49. The van der Waals surface area contributed by atoms with Gasteiger partial charge in [-0.2, -0.15) is 0 Å². The van der Waals surface area contributed by atoms with Crippen molar-refractivity contribution in [1.29, 1.82) is 0 Å². The molecule has 0 radical (unpaired) electrons. The summed E-state index contributed by atoms with van der Waals surface area (Å²) in [4.78, 5) is 10.7. The highest BCUT2D eigenvalue weighted by Gasteiger charge is 2.26. The standard InChI is InChI=1S/C52H38ClN3/c1-31(35-17-7-5-8-18-35)45(38-21-9-6-10-22-38)49-34(4)54-52(51(53)55-49)56-44-30-28-37-20-12-14-24-41(37)47(44)48-43-26-16-15-25-42(43)46(33(3)50(48)56)40-29-27-36-19-11-13-23-39(36)32(40)2/h5-30H,1-4H3/b45-31+. The Morgan fingerprint density at radius 1 is 0.518 bits per heavy atom. The summed E-state index contributed by atoms with van der Waals surface area (Å²) in [5.41, 5.74) is 12.9. The van der Waals surface area contributed by atoms with Crippen LogP contribution in [0, 0.1) is 20.8 Å². The van der Waals surface area contributed by atoms with Crippen LogP contribution in [0.3, 0.4) is 0 Å². The lowest BCUT2D eigenvalue weighted by Crippen LogP contribution is -2.08. The fourth-order valence-electron chi connectivity index (χ4n) is 9.02. The SMILES string of the molecule is C/C(=C(/c1ccccc1)c1nc(Cl)c(-n2c3ccc4ccccc4c3c3c4ccccc4c(-c4ccc5ccccc5c4C)c(C)c32)nc1C)c1ccccc1. The fourth-order valence-corrected chi connectivity index (χ4v) is 9.23. The van der Waals surface area contributed by atoms with Gasteiger partial charge in [0.2, 0.25) is 0 Å². The number of aromatic nitrogens is 3. The Bertz CT molecular complexity index is 3230. The molecule has 0 fully saturated rings. The van der Waals surface area contributed by atoms with Crippen LogP contribution in [0.25, 0.3) is 82.2 Å². The molecule has 8 aromatic carbocycles. The monoisotopic (exact) mass is 739 g/mol. The van der Waals surface area contributed by atoms with E-state index in [1.807, 2.05) is 12.1 Å². The minimum Gasteiger partial charge on any atom is -0.291 e. The number of hydrogen-bond acceptors (Lipinski definition) is 2. The second-order valence-corrected chi connectivity index (χ2v) is 15.1. The van der Waals surface area contributed by atoms with Crippen LogP contribution in [0.5, 0.6) is 0 Å². The first-order valence-electron chi connectivity index (χ1n) is 19.1. The molecule has 0 N–H and O–H groups in total. The lowest BCUT2D eigenvalue weighted by Gasteiger charge is -2.19. The summed E-state index contributed by atoms with van der Waals surface area (Å²) >= 11 is 7.49. The summed E-state index contributed by atoms with van der Waals surface area (Å²) < 4.78 is 2.28. The number of halogens is 1. The largest absolute Gasteiger partial charge is 0.291 e. The van der Waals surface area contributed by atoms with E-state index in [1.165, 1.54) is 65.3 Å². The molecule has 0 saturated carbocycles. The van der Waals surface area contributed by atoms with E-state index in [2.05, 4.69) is 178 Å². The van der Waals surface area contributed by atoms with E-state index in [-0.39, 0.29) is 0 Å². The highest BCUT2D eigenvalue weighted by molar-refractivity contribution is 6.33. The van der Waals surface area contributed by atoms with Crippen molar-refractivity contribution >= 4 is 76.9 Å². The third-order valence-electron chi connectivity index (χ3n) is 11.6. The number of nitrogens with zero attached hydrogens (tertiary/aromatic N) is 3. The van der Waals surface area contributed by atoms with E-state index < -0.39 is 0 Å². The number of rotatable bonds is 5. The second kappa shape index (κ2) is 13.3. The van der Waals surface area contributed by atoms with Crippen LogP contribution in [0.2, 0.25) is 5.15 Å². The van der Waals surface area contributed by atoms with Gasteiger partial charge >= 0.3 is 0 Å². The maximum Gasteiger partial charge on any atom is 0.176 e. The van der Waals surface area contributed by atoms with Crippen molar-refractivity contribution in [1.82, 2.24) is 14.5 Å². The summed E-state index contributed by atoms with van der Waals surface area (Å²) in [6.45, 7) is 8.72. The van der Waals surface area contributed by atoms with E-state index in [0.717, 1.165) is 44.7 Å². The Balaban J connectivity index is 1.33. The summed E-state index contributed by atoms with van der Waals surface area (Å²) in [5.74, 6) is 0.618. The van der Waals surface area contributed by atoms with Crippen LogP contribution in [0.4, 0.5) is 0 Å². The number of fused-ring (bicyclic) bond motifs is 8. The molecule has 10 rings (SSSR count). The number of hydrogen-bond donors (Lipinski definition) is 0. The quantitative estimate of drug-likeness (QED) is 0.165. The Morgan fingerprint density at radius 2 is 1.09 bits per heavy atom. The summed E-state index contributed by atoms with van der Waals surface area (Å²) in [7, 11) is 0. The van der Waals surface area contributed by atoms with Gasteiger partial charge in [-0.3, -0.25) is 4.57 Å². The number of allylic oxidation sites excluding steroid dienone is 1. The van der Waals surface area contributed by atoms with Crippen molar-refractivity contribution in [2.45, 2.75) is 27.7 Å². The van der Waals surface area contributed by atoms with Crippen LogP contribution in [0.15, 0.2) is 158 Å². The molecule has 2 aromatic heterocycles. The zero-order chi connectivity index (χ0) is 38.1. The van der Waals surface area contributed by atoms with Crippen LogP contribution in [-0.2, 0) is 0 Å². The smallest absolute Gasteiger partial charge is 0.176 e. The molecule has 0 aliphatic rings. The Hall–Kier alpha value is -6.55. The normalized spacial score (nSPS) is 12.3. The van der Waals surface area contributed by atoms with Gasteiger partial charge < -0.3 is 0 Å². The molecule has 4 heteroatoms. The average molecular weight is 740 g/mol. The van der Waals surface area contributed by atoms with Crippen LogP contribution in [-0.4, -0.2) is 14.5 Å². The van der Waals surface area contributed by atoms with Crippen molar-refractivity contribution in [3.8, 4) is 16.9 Å². The lowest BCUT2D eigenvalue weighted by molar-refractivity contribution is 0.992. The van der Waals surface area contributed by atoms with Gasteiger partial charge in [0.05, 0.1) is 22.4 Å². The van der Waals surface area contributed by atoms with E-state index >= 15 is 0 Å². The molecule has 0 atom stereocenters. The van der Waals surface area contributed by atoms with Gasteiger partial charge in [-0.05, 0) is 105 Å². The fraction of sp³-hybridized carbons (Fsp3) is 0.0769. The molecular formula is C52H38ClN3. The third-order valence-corrected chi connectivity index (χ3v) is 11.9. The topological polar surface area (TPSA) is 30.7 Å². The van der Waals surface area contributed by atoms with Gasteiger partial charge in [0, 0.05) is 16.3 Å². The molecule has 0 amide bonds. The van der Waals surface area contributed by atoms with Gasteiger partial charge in [-0.1, -0.05) is 163 Å². The first kappa shape index (κ1) is 34.0. The molecule has 56 heavy (non-hydrogen) atoms. The van der Waals surface area contributed by atoms with Crippen molar-refractivity contribution in [3.05, 3.63) is 197 Å². The summed E-state index contributed by atoms with van der Waals surface area (Å²) in [6, 6.07) is 56.1. The minimum atomic E-state index is 0.350. The van der Waals surface area contributed by atoms with Crippen LogP contribution < -0.4 is 0 Å². The Kier molecular flexibility index (Phi) is 8.09. The molecule has 0 bridgehead atoms. The van der Waals surface area contributed by atoms with Gasteiger partial charge in [-0.15, -0.1) is 0 Å². The van der Waals surface area contributed by atoms with Crippen LogP contribution >= 0.6 is 11.6 Å². The molecular weight excluding hydrogens is 702 g/mol. The molecule has 0 spiro atoms. The Labute approximate surface area is 331 Å². The molecule has 0 saturated heterocycles. The summed E-state index contributed by atoms with van der Waals surface area (Å²) in [5, 5.41) is 10.0. The summed E-state index contributed by atoms with van der Waals surface area (Å²) in [6.07, 6.45) is 0. The van der Waals surface area contributed by atoms with Gasteiger partial charge in [-0.25, -0.2) is 9.97 Å². The first-order valence-corrected chi connectivity index (χ1v) is 19.5. The maximum absolute atomic E-state index is 7.49. The molecule has 2 heterocycles. The van der Waals surface area contributed by atoms with E-state index in [1.54, 1.807) is 0 Å². The highest BCUT2D eigenvalue weighted by Crippen LogP contribution is 2.48. The Morgan fingerprint density at radius 3 is 1.80 bits per heavy atom. The van der Waals surface area contributed by atoms with E-state index in [9.17, 15) is 0 Å². The van der Waals surface area contributed by atoms with Crippen LogP contribution in [0.1, 0.15) is 40.6 Å². The molecule has 268 valence electrons. The van der Waals surface area contributed by atoms with E-state index in [0.29, 0.717) is 11.0 Å². The van der Waals surface area contributed by atoms with Gasteiger partial charge in [0.1, 0.15) is 0 Å². The first-order chi connectivity index (χ1) is 27.4. The van der Waals surface area contributed by atoms with Gasteiger partial charge in [0.25, 0.3) is 0 Å².